The summed E-state index contributed by atoms with van der Waals surface area (Å²) in [5.74, 6) is 0.141. The van der Waals surface area contributed by atoms with Crippen LogP contribution in [0.1, 0.15) is 58.3 Å². The maximum Gasteiger partial charge on any atom is 0.306 e. The highest BCUT2D eigenvalue weighted by atomic mass is 16.5. The lowest BCUT2D eigenvalue weighted by Gasteiger charge is -2.09. The van der Waals surface area contributed by atoms with Crippen LogP contribution in [0.15, 0.2) is 24.3 Å². The number of rotatable bonds is 8. The first kappa shape index (κ1) is 21.6. The largest absolute Gasteiger partial charge is 0.490 e. The third-order valence-corrected chi connectivity index (χ3v) is 5.18. The molecule has 7 heteroatoms. The number of carbonyl (C=O) groups excluding carboxylic acids is 3. The van der Waals surface area contributed by atoms with E-state index in [-0.39, 0.29) is 31.0 Å². The number of hydrogen-bond donors (Lipinski definition) is 0. The van der Waals surface area contributed by atoms with Gasteiger partial charge in [-0.1, -0.05) is 0 Å². The second-order valence-corrected chi connectivity index (χ2v) is 7.25. The van der Waals surface area contributed by atoms with Crippen LogP contribution in [0, 0.1) is 13.8 Å². The van der Waals surface area contributed by atoms with Gasteiger partial charge in [0.2, 0.25) is 5.78 Å². The van der Waals surface area contributed by atoms with Crippen molar-refractivity contribution in [3.05, 3.63) is 46.8 Å². The number of fused-ring (bicyclic) bond motifs is 1. The fourth-order valence-electron chi connectivity index (χ4n) is 3.56. The topological polar surface area (TPSA) is 83.8 Å². The summed E-state index contributed by atoms with van der Waals surface area (Å²) in [6.07, 6.45) is 0.691. The van der Waals surface area contributed by atoms with Gasteiger partial charge in [0.15, 0.2) is 23.9 Å². The minimum atomic E-state index is -0.574. The van der Waals surface area contributed by atoms with Crippen LogP contribution in [0.2, 0.25) is 0 Å². The molecule has 0 spiro atoms. The predicted molar refractivity (Wildman–Crippen MR) is 110 cm³/mol. The van der Waals surface area contributed by atoms with Gasteiger partial charge in [0, 0.05) is 41.9 Å². The summed E-state index contributed by atoms with van der Waals surface area (Å²) in [6, 6.07) is 6.82. The van der Waals surface area contributed by atoms with Crippen molar-refractivity contribution in [3.8, 4) is 11.5 Å². The molecule has 3 rings (SSSR count). The smallest absolute Gasteiger partial charge is 0.306 e. The lowest BCUT2D eigenvalue weighted by atomic mass is 10.1. The van der Waals surface area contributed by atoms with E-state index >= 15 is 0 Å². The van der Waals surface area contributed by atoms with Gasteiger partial charge in [-0.05, 0) is 45.0 Å². The number of nitrogens with zero attached hydrogens (tertiary/aromatic N) is 1. The predicted octanol–water partition coefficient (Wildman–Crippen LogP) is 3.68. The van der Waals surface area contributed by atoms with Gasteiger partial charge in [0.1, 0.15) is 0 Å². The second kappa shape index (κ2) is 9.61. The van der Waals surface area contributed by atoms with Crippen LogP contribution in [0.3, 0.4) is 0 Å². The molecule has 1 aromatic carbocycles. The Bertz CT molecular complexity index is 959. The Labute approximate surface area is 175 Å². The molecule has 0 saturated heterocycles. The lowest BCUT2D eigenvalue weighted by Crippen LogP contribution is -2.15. The van der Waals surface area contributed by atoms with Crippen LogP contribution in [0.4, 0.5) is 0 Å². The molecule has 30 heavy (non-hydrogen) atoms. The Morgan fingerprint density at radius 3 is 2.43 bits per heavy atom. The third kappa shape index (κ3) is 4.90. The number of hydrogen-bond acceptors (Lipinski definition) is 6. The second-order valence-electron chi connectivity index (χ2n) is 7.25. The summed E-state index contributed by atoms with van der Waals surface area (Å²) in [5.41, 5.74) is 2.87. The number of aryl methyl sites for hydroxylation is 1. The van der Waals surface area contributed by atoms with Gasteiger partial charge < -0.3 is 18.8 Å². The van der Waals surface area contributed by atoms with E-state index in [0.717, 1.165) is 24.4 Å². The van der Waals surface area contributed by atoms with Gasteiger partial charge in [0.05, 0.1) is 19.6 Å². The molecule has 0 saturated carbocycles. The molecule has 0 atom stereocenters. The molecule has 0 amide bonds. The number of benzene rings is 1. The average Bonchev–Trinajstić information content (AvgIpc) is 2.90. The Kier molecular flexibility index (Phi) is 6.92. The molecule has 7 nitrogen and oxygen atoms in total. The standard InChI is InChI=1S/C23H27NO6/c1-4-24-15(2)12-18(16(24)3)20(26)14-30-23(27)9-7-19(25)17-6-8-21-22(13-17)29-11-5-10-28-21/h6,8,12-13H,4-5,7,9-11,14H2,1-3H3. The Hall–Kier alpha value is -3.09. The first-order valence-electron chi connectivity index (χ1n) is 10.2. The van der Waals surface area contributed by atoms with E-state index in [1.54, 1.807) is 18.2 Å². The molecule has 0 bridgehead atoms. The minimum absolute atomic E-state index is 0.00296. The van der Waals surface area contributed by atoms with E-state index in [2.05, 4.69) is 0 Å². The van der Waals surface area contributed by atoms with Crippen LogP contribution < -0.4 is 9.47 Å². The molecule has 0 unspecified atom stereocenters. The number of Topliss-reactive ketones (excluding diaryl/α,β-unsaturated/α-hetero) is 2. The fourth-order valence-corrected chi connectivity index (χ4v) is 3.56. The van der Waals surface area contributed by atoms with Crippen molar-refractivity contribution in [2.24, 2.45) is 0 Å². The van der Waals surface area contributed by atoms with Crippen molar-refractivity contribution in [2.45, 2.75) is 46.6 Å². The van der Waals surface area contributed by atoms with Gasteiger partial charge in [-0.25, -0.2) is 0 Å². The van der Waals surface area contributed by atoms with Gasteiger partial charge in [0.25, 0.3) is 0 Å². The van der Waals surface area contributed by atoms with E-state index in [1.807, 2.05) is 31.4 Å². The van der Waals surface area contributed by atoms with Crippen molar-refractivity contribution in [1.82, 2.24) is 4.57 Å². The molecule has 2 heterocycles. The quantitative estimate of drug-likeness (QED) is 0.485. The zero-order valence-corrected chi connectivity index (χ0v) is 17.7. The average molecular weight is 413 g/mol. The maximum absolute atomic E-state index is 12.4. The van der Waals surface area contributed by atoms with Gasteiger partial charge in [-0.2, -0.15) is 0 Å². The van der Waals surface area contributed by atoms with Crippen molar-refractivity contribution >= 4 is 17.5 Å². The zero-order chi connectivity index (χ0) is 21.7. The van der Waals surface area contributed by atoms with E-state index in [1.165, 1.54) is 0 Å². The monoisotopic (exact) mass is 413 g/mol. The fraction of sp³-hybridized carbons (Fsp3) is 0.435. The number of ether oxygens (including phenoxy) is 3. The first-order chi connectivity index (χ1) is 14.4. The summed E-state index contributed by atoms with van der Waals surface area (Å²) in [5, 5.41) is 0. The van der Waals surface area contributed by atoms with Crippen LogP contribution >= 0.6 is 0 Å². The van der Waals surface area contributed by atoms with E-state index in [4.69, 9.17) is 14.2 Å². The molecule has 0 fully saturated rings. The van der Waals surface area contributed by atoms with Crippen LogP contribution in [-0.2, 0) is 16.1 Å². The Morgan fingerprint density at radius 1 is 1.00 bits per heavy atom. The van der Waals surface area contributed by atoms with Crippen molar-refractivity contribution in [1.29, 1.82) is 0 Å². The molecule has 0 radical (unpaired) electrons. The zero-order valence-electron chi connectivity index (χ0n) is 17.7. The van der Waals surface area contributed by atoms with E-state index in [9.17, 15) is 14.4 Å². The highest BCUT2D eigenvalue weighted by Crippen LogP contribution is 2.30. The number of esters is 1. The Balaban J connectivity index is 1.50. The van der Waals surface area contributed by atoms with E-state index < -0.39 is 5.97 Å². The molecule has 1 aliphatic heterocycles. The van der Waals surface area contributed by atoms with Gasteiger partial charge in [-0.3, -0.25) is 14.4 Å². The van der Waals surface area contributed by atoms with Gasteiger partial charge in [-0.15, -0.1) is 0 Å². The number of ketones is 2. The van der Waals surface area contributed by atoms with Gasteiger partial charge >= 0.3 is 5.97 Å². The molecular weight excluding hydrogens is 386 g/mol. The van der Waals surface area contributed by atoms with Crippen molar-refractivity contribution in [2.75, 3.05) is 19.8 Å². The van der Waals surface area contributed by atoms with Crippen LogP contribution in [0.5, 0.6) is 11.5 Å². The summed E-state index contributed by atoms with van der Waals surface area (Å²) in [6.45, 7) is 7.37. The normalized spacial score (nSPS) is 12.9. The minimum Gasteiger partial charge on any atom is -0.490 e. The highest BCUT2D eigenvalue weighted by Gasteiger charge is 2.18. The van der Waals surface area contributed by atoms with Crippen molar-refractivity contribution < 1.29 is 28.6 Å². The van der Waals surface area contributed by atoms with Crippen LogP contribution in [-0.4, -0.2) is 41.9 Å². The van der Waals surface area contributed by atoms with E-state index in [0.29, 0.717) is 35.8 Å². The molecule has 160 valence electrons. The molecule has 1 aliphatic rings. The lowest BCUT2D eigenvalue weighted by molar-refractivity contribution is -0.142. The summed E-state index contributed by atoms with van der Waals surface area (Å²) in [7, 11) is 0. The van der Waals surface area contributed by atoms with Crippen molar-refractivity contribution in [3.63, 3.8) is 0 Å². The highest BCUT2D eigenvalue weighted by molar-refractivity contribution is 6.00. The Morgan fingerprint density at radius 2 is 1.73 bits per heavy atom. The SMILES string of the molecule is CCn1c(C)cc(C(=O)COC(=O)CCC(=O)c2ccc3c(c2)OCCCO3)c1C. The molecular formula is C23H27NO6. The molecule has 0 N–H and O–H groups in total. The maximum atomic E-state index is 12.4. The summed E-state index contributed by atoms with van der Waals surface area (Å²) in [4.78, 5) is 36.8. The third-order valence-electron chi connectivity index (χ3n) is 5.18. The molecule has 0 aliphatic carbocycles. The summed E-state index contributed by atoms with van der Waals surface area (Å²) >= 11 is 0. The first-order valence-corrected chi connectivity index (χ1v) is 10.2. The summed E-state index contributed by atoms with van der Waals surface area (Å²) < 4.78 is 18.3. The number of aromatic nitrogens is 1. The van der Waals surface area contributed by atoms with Crippen LogP contribution in [0.25, 0.3) is 0 Å². The number of carbonyl (C=O) groups is 3. The molecule has 2 aromatic rings. The molecule has 1 aromatic heterocycles.